The summed E-state index contributed by atoms with van der Waals surface area (Å²) in [5.74, 6) is 2.88. The van der Waals surface area contributed by atoms with Crippen LogP contribution in [0.2, 0.25) is 0 Å². The zero-order chi connectivity index (χ0) is 10.1. The second kappa shape index (κ2) is 4.02. The van der Waals surface area contributed by atoms with E-state index in [1.165, 1.54) is 25.7 Å². The molecule has 1 saturated carbocycles. The molecule has 0 radical (unpaired) electrons. The molecule has 0 aromatic heterocycles. The van der Waals surface area contributed by atoms with E-state index < -0.39 is 0 Å². The molecule has 0 aromatic rings. The van der Waals surface area contributed by atoms with Crippen LogP contribution >= 0.6 is 0 Å². The molecule has 0 N–H and O–H groups in total. The number of hydrogen-bond acceptors (Lipinski definition) is 0. The Morgan fingerprint density at radius 1 is 1.15 bits per heavy atom. The molecule has 0 aliphatic heterocycles. The first-order chi connectivity index (χ1) is 5.97. The van der Waals surface area contributed by atoms with Crippen molar-refractivity contribution in [3.63, 3.8) is 0 Å². The van der Waals surface area contributed by atoms with Crippen molar-refractivity contribution in [1.29, 1.82) is 0 Å². The highest BCUT2D eigenvalue weighted by molar-refractivity contribution is 4.85. The summed E-state index contributed by atoms with van der Waals surface area (Å²) in [5, 5.41) is 0. The monoisotopic (exact) mass is 182 g/mol. The molecular weight excluding hydrogens is 156 g/mol. The van der Waals surface area contributed by atoms with Gasteiger partial charge in [0, 0.05) is 0 Å². The average Bonchev–Trinajstić information content (AvgIpc) is 2.03. The van der Waals surface area contributed by atoms with Gasteiger partial charge < -0.3 is 0 Å². The first-order valence-corrected chi connectivity index (χ1v) is 5.97. The fourth-order valence-electron chi connectivity index (χ4n) is 3.09. The Bertz CT molecular complexity index is 157. The zero-order valence-corrected chi connectivity index (χ0v) is 10.1. The van der Waals surface area contributed by atoms with Crippen LogP contribution in [-0.4, -0.2) is 0 Å². The van der Waals surface area contributed by atoms with Gasteiger partial charge >= 0.3 is 0 Å². The minimum Gasteiger partial charge on any atom is -0.0649 e. The van der Waals surface area contributed by atoms with Gasteiger partial charge in [-0.05, 0) is 36.0 Å². The van der Waals surface area contributed by atoms with Crippen LogP contribution in [0, 0.1) is 23.2 Å². The Labute approximate surface area is 84.1 Å². The lowest BCUT2D eigenvalue weighted by Gasteiger charge is -2.42. The maximum Gasteiger partial charge on any atom is -0.0326 e. The largest absolute Gasteiger partial charge is 0.0649 e. The summed E-state index contributed by atoms with van der Waals surface area (Å²) in [6.45, 7) is 12.1. The second-order valence-electron chi connectivity index (χ2n) is 5.84. The Hall–Kier alpha value is 0. The van der Waals surface area contributed by atoms with Gasteiger partial charge in [-0.3, -0.25) is 0 Å². The van der Waals surface area contributed by atoms with Crippen molar-refractivity contribution in [2.24, 2.45) is 23.2 Å². The van der Waals surface area contributed by atoms with E-state index >= 15 is 0 Å². The van der Waals surface area contributed by atoms with E-state index in [2.05, 4.69) is 34.6 Å². The van der Waals surface area contributed by atoms with E-state index in [0.717, 1.165) is 17.8 Å². The molecule has 0 spiro atoms. The van der Waals surface area contributed by atoms with E-state index in [-0.39, 0.29) is 0 Å². The van der Waals surface area contributed by atoms with E-state index in [1.54, 1.807) is 0 Å². The van der Waals surface area contributed by atoms with E-state index in [1.807, 2.05) is 0 Å². The van der Waals surface area contributed by atoms with Gasteiger partial charge in [0.2, 0.25) is 0 Å². The van der Waals surface area contributed by atoms with Crippen molar-refractivity contribution in [3.8, 4) is 0 Å². The van der Waals surface area contributed by atoms with Crippen LogP contribution in [0.15, 0.2) is 0 Å². The normalized spacial score (nSPS) is 36.2. The van der Waals surface area contributed by atoms with Gasteiger partial charge in [0.15, 0.2) is 0 Å². The molecule has 13 heavy (non-hydrogen) atoms. The molecule has 1 aliphatic rings. The van der Waals surface area contributed by atoms with Crippen molar-refractivity contribution in [2.75, 3.05) is 0 Å². The highest BCUT2D eigenvalue weighted by Crippen LogP contribution is 2.45. The Balaban J connectivity index is 2.60. The molecule has 78 valence electrons. The summed E-state index contributed by atoms with van der Waals surface area (Å²) in [7, 11) is 0. The Morgan fingerprint density at radius 3 is 2.23 bits per heavy atom. The predicted molar refractivity (Wildman–Crippen MR) is 59.7 cm³/mol. The van der Waals surface area contributed by atoms with Crippen molar-refractivity contribution in [2.45, 2.75) is 60.3 Å². The summed E-state index contributed by atoms with van der Waals surface area (Å²) in [6, 6.07) is 0. The van der Waals surface area contributed by atoms with Crippen LogP contribution in [0.3, 0.4) is 0 Å². The third kappa shape index (κ3) is 2.48. The quantitative estimate of drug-likeness (QED) is 0.590. The maximum absolute atomic E-state index is 2.46. The SMILES string of the molecule is CCC(C)(C)C1CCC(C)CC1C. The predicted octanol–water partition coefficient (Wildman–Crippen LogP) is 4.49. The van der Waals surface area contributed by atoms with Crippen molar-refractivity contribution in [1.82, 2.24) is 0 Å². The first kappa shape index (κ1) is 11.1. The third-order valence-electron chi connectivity index (χ3n) is 4.35. The fraction of sp³-hybridized carbons (Fsp3) is 1.00. The van der Waals surface area contributed by atoms with E-state index in [9.17, 15) is 0 Å². The van der Waals surface area contributed by atoms with E-state index in [4.69, 9.17) is 0 Å². The van der Waals surface area contributed by atoms with Crippen LogP contribution in [0.1, 0.15) is 60.3 Å². The van der Waals surface area contributed by atoms with Crippen molar-refractivity contribution >= 4 is 0 Å². The number of hydrogen-bond donors (Lipinski definition) is 0. The summed E-state index contributed by atoms with van der Waals surface area (Å²) in [4.78, 5) is 0. The van der Waals surface area contributed by atoms with Crippen molar-refractivity contribution in [3.05, 3.63) is 0 Å². The lowest BCUT2D eigenvalue weighted by Crippen LogP contribution is -2.33. The molecule has 0 nitrogen and oxygen atoms in total. The molecule has 3 atom stereocenters. The Kier molecular flexibility index (Phi) is 3.43. The van der Waals surface area contributed by atoms with Gasteiger partial charge in [0.1, 0.15) is 0 Å². The molecule has 0 saturated heterocycles. The van der Waals surface area contributed by atoms with Crippen LogP contribution in [0.5, 0.6) is 0 Å². The van der Waals surface area contributed by atoms with Gasteiger partial charge in [-0.2, -0.15) is 0 Å². The highest BCUT2D eigenvalue weighted by Gasteiger charge is 2.35. The molecule has 3 unspecified atom stereocenters. The van der Waals surface area contributed by atoms with Crippen LogP contribution in [-0.2, 0) is 0 Å². The molecule has 0 amide bonds. The minimum absolute atomic E-state index is 0.569. The molecule has 0 bridgehead atoms. The minimum atomic E-state index is 0.569. The van der Waals surface area contributed by atoms with Crippen LogP contribution < -0.4 is 0 Å². The number of rotatable bonds is 2. The molecular formula is C13H26. The van der Waals surface area contributed by atoms with Crippen LogP contribution in [0.4, 0.5) is 0 Å². The van der Waals surface area contributed by atoms with Gasteiger partial charge in [0.05, 0.1) is 0 Å². The molecule has 0 heteroatoms. The second-order valence-corrected chi connectivity index (χ2v) is 5.84. The average molecular weight is 182 g/mol. The van der Waals surface area contributed by atoms with Gasteiger partial charge in [-0.1, -0.05) is 47.5 Å². The zero-order valence-electron chi connectivity index (χ0n) is 10.1. The molecule has 0 aromatic carbocycles. The van der Waals surface area contributed by atoms with Crippen LogP contribution in [0.25, 0.3) is 0 Å². The lowest BCUT2D eigenvalue weighted by molar-refractivity contribution is 0.0779. The lowest BCUT2D eigenvalue weighted by atomic mass is 9.63. The smallest absolute Gasteiger partial charge is 0.0326 e. The molecule has 1 fully saturated rings. The highest BCUT2D eigenvalue weighted by atomic mass is 14.4. The van der Waals surface area contributed by atoms with Gasteiger partial charge in [-0.25, -0.2) is 0 Å². The first-order valence-electron chi connectivity index (χ1n) is 5.97. The summed E-state index contributed by atoms with van der Waals surface area (Å²) in [6.07, 6.45) is 5.70. The maximum atomic E-state index is 2.46. The fourth-order valence-corrected chi connectivity index (χ4v) is 3.09. The van der Waals surface area contributed by atoms with Gasteiger partial charge in [-0.15, -0.1) is 0 Å². The summed E-state index contributed by atoms with van der Waals surface area (Å²) >= 11 is 0. The topological polar surface area (TPSA) is 0 Å². The summed E-state index contributed by atoms with van der Waals surface area (Å²) in [5.41, 5.74) is 0.569. The molecule has 1 aliphatic carbocycles. The summed E-state index contributed by atoms with van der Waals surface area (Å²) < 4.78 is 0. The van der Waals surface area contributed by atoms with Crippen molar-refractivity contribution < 1.29 is 0 Å². The molecule has 1 rings (SSSR count). The van der Waals surface area contributed by atoms with E-state index in [0.29, 0.717) is 5.41 Å². The Morgan fingerprint density at radius 2 is 1.77 bits per heavy atom. The third-order valence-corrected chi connectivity index (χ3v) is 4.35. The molecule has 0 heterocycles. The standard InChI is InChI=1S/C13H26/c1-6-13(4,5)12-8-7-10(2)9-11(12)3/h10-12H,6-9H2,1-5H3. The van der Waals surface area contributed by atoms with Gasteiger partial charge in [0.25, 0.3) is 0 Å².